The van der Waals surface area contributed by atoms with Crippen molar-refractivity contribution in [3.63, 3.8) is 0 Å². The Hall–Kier alpha value is -0.390. The van der Waals surface area contributed by atoms with E-state index >= 15 is 0 Å². The van der Waals surface area contributed by atoms with Crippen LogP contribution in [0, 0.1) is 5.92 Å². The van der Waals surface area contributed by atoms with E-state index in [0.717, 1.165) is 34.8 Å². The molecule has 3 nitrogen and oxygen atoms in total. The van der Waals surface area contributed by atoms with Crippen LogP contribution in [0.25, 0.3) is 0 Å². The summed E-state index contributed by atoms with van der Waals surface area (Å²) in [4.78, 5) is 14.8. The predicted octanol–water partition coefficient (Wildman–Crippen LogP) is 3.80. The van der Waals surface area contributed by atoms with E-state index in [2.05, 4.69) is 31.9 Å². The SMILES string of the molecule is CCN(C(=O)c1cc(Br)ccc1Br)C1CCCC1CN. The maximum Gasteiger partial charge on any atom is 0.255 e. The number of hydrogen-bond acceptors (Lipinski definition) is 2. The Kier molecular flexibility index (Phi) is 5.64. The molecule has 0 saturated heterocycles. The van der Waals surface area contributed by atoms with Gasteiger partial charge in [0.05, 0.1) is 5.56 Å². The highest BCUT2D eigenvalue weighted by Gasteiger charge is 2.33. The van der Waals surface area contributed by atoms with Gasteiger partial charge in [0.1, 0.15) is 0 Å². The van der Waals surface area contributed by atoms with Crippen molar-refractivity contribution in [1.29, 1.82) is 0 Å². The second kappa shape index (κ2) is 7.05. The van der Waals surface area contributed by atoms with Crippen molar-refractivity contribution >= 4 is 37.8 Å². The minimum absolute atomic E-state index is 0.0889. The van der Waals surface area contributed by atoms with Gasteiger partial charge in [-0.2, -0.15) is 0 Å². The molecule has 1 aromatic rings. The highest BCUT2D eigenvalue weighted by molar-refractivity contribution is 9.11. The Bertz CT molecular complexity index is 493. The van der Waals surface area contributed by atoms with Gasteiger partial charge >= 0.3 is 0 Å². The largest absolute Gasteiger partial charge is 0.336 e. The van der Waals surface area contributed by atoms with Gasteiger partial charge in [-0.05, 0) is 66.4 Å². The van der Waals surface area contributed by atoms with Gasteiger partial charge < -0.3 is 10.6 Å². The first kappa shape index (κ1) is 16.0. The molecule has 2 rings (SSSR count). The molecule has 1 amide bonds. The molecule has 0 heterocycles. The zero-order valence-electron chi connectivity index (χ0n) is 11.6. The molecule has 1 aliphatic rings. The molecule has 20 heavy (non-hydrogen) atoms. The second-order valence-electron chi connectivity index (χ2n) is 5.21. The zero-order valence-corrected chi connectivity index (χ0v) is 14.8. The van der Waals surface area contributed by atoms with E-state index < -0.39 is 0 Å². The monoisotopic (exact) mass is 402 g/mol. The summed E-state index contributed by atoms with van der Waals surface area (Å²) >= 11 is 6.91. The van der Waals surface area contributed by atoms with Crippen molar-refractivity contribution in [1.82, 2.24) is 4.90 Å². The van der Waals surface area contributed by atoms with Crippen LogP contribution in [0.4, 0.5) is 0 Å². The summed E-state index contributed by atoms with van der Waals surface area (Å²) in [7, 11) is 0. The third-order valence-electron chi connectivity index (χ3n) is 4.08. The third-order valence-corrected chi connectivity index (χ3v) is 5.27. The normalized spacial score (nSPS) is 22.0. The van der Waals surface area contributed by atoms with E-state index in [9.17, 15) is 4.79 Å². The minimum Gasteiger partial charge on any atom is -0.336 e. The predicted molar refractivity (Wildman–Crippen MR) is 88.7 cm³/mol. The van der Waals surface area contributed by atoms with E-state index in [1.54, 1.807) is 0 Å². The standard InChI is InChI=1S/C15H20Br2N2O/c1-2-19(14-5-3-4-10(14)9-18)15(20)12-8-11(16)6-7-13(12)17/h6-8,10,14H,2-5,9,18H2,1H3. The minimum atomic E-state index is 0.0889. The summed E-state index contributed by atoms with van der Waals surface area (Å²) in [5.41, 5.74) is 6.57. The van der Waals surface area contributed by atoms with Gasteiger partial charge in [-0.1, -0.05) is 22.4 Å². The molecule has 0 aliphatic heterocycles. The van der Waals surface area contributed by atoms with Crippen LogP contribution in [0.3, 0.4) is 0 Å². The fourth-order valence-electron chi connectivity index (χ4n) is 3.05. The highest BCUT2D eigenvalue weighted by atomic mass is 79.9. The molecule has 2 unspecified atom stereocenters. The van der Waals surface area contributed by atoms with Crippen molar-refractivity contribution in [3.8, 4) is 0 Å². The molecule has 5 heteroatoms. The van der Waals surface area contributed by atoms with E-state index in [1.807, 2.05) is 30.0 Å². The third kappa shape index (κ3) is 3.26. The molecular formula is C15H20Br2N2O. The van der Waals surface area contributed by atoms with Crippen LogP contribution in [-0.2, 0) is 0 Å². The number of carbonyl (C=O) groups is 1. The summed E-state index contributed by atoms with van der Waals surface area (Å²) in [5, 5.41) is 0. The summed E-state index contributed by atoms with van der Waals surface area (Å²) < 4.78 is 1.76. The lowest BCUT2D eigenvalue weighted by Gasteiger charge is -2.32. The number of hydrogen-bond donors (Lipinski definition) is 1. The Morgan fingerprint density at radius 2 is 2.15 bits per heavy atom. The van der Waals surface area contributed by atoms with Gasteiger partial charge in [0.25, 0.3) is 5.91 Å². The quantitative estimate of drug-likeness (QED) is 0.830. The lowest BCUT2D eigenvalue weighted by atomic mass is 10.0. The highest BCUT2D eigenvalue weighted by Crippen LogP contribution is 2.31. The maximum atomic E-state index is 12.8. The Morgan fingerprint density at radius 1 is 1.40 bits per heavy atom. The first-order chi connectivity index (χ1) is 9.58. The second-order valence-corrected chi connectivity index (χ2v) is 6.98. The smallest absolute Gasteiger partial charge is 0.255 e. The first-order valence-corrected chi connectivity index (χ1v) is 8.63. The molecule has 2 N–H and O–H groups in total. The van der Waals surface area contributed by atoms with Crippen LogP contribution >= 0.6 is 31.9 Å². The number of carbonyl (C=O) groups excluding carboxylic acids is 1. The fourth-order valence-corrected chi connectivity index (χ4v) is 3.82. The van der Waals surface area contributed by atoms with Crippen LogP contribution in [0.2, 0.25) is 0 Å². The van der Waals surface area contributed by atoms with Crippen molar-refractivity contribution < 1.29 is 4.79 Å². The van der Waals surface area contributed by atoms with Crippen molar-refractivity contribution in [3.05, 3.63) is 32.7 Å². The number of nitrogens with zero attached hydrogens (tertiary/aromatic N) is 1. The van der Waals surface area contributed by atoms with Gasteiger partial charge in [-0.25, -0.2) is 0 Å². The van der Waals surface area contributed by atoms with Gasteiger partial charge in [0.15, 0.2) is 0 Å². The van der Waals surface area contributed by atoms with Crippen LogP contribution in [-0.4, -0.2) is 29.9 Å². The molecule has 1 saturated carbocycles. The van der Waals surface area contributed by atoms with Crippen molar-refractivity contribution in [2.45, 2.75) is 32.2 Å². The lowest BCUT2D eigenvalue weighted by molar-refractivity contribution is 0.0651. The number of benzene rings is 1. The molecule has 0 aromatic heterocycles. The summed E-state index contributed by atoms with van der Waals surface area (Å²) in [5.74, 6) is 0.524. The molecule has 110 valence electrons. The van der Waals surface area contributed by atoms with Gasteiger partial charge in [0.2, 0.25) is 0 Å². The average molecular weight is 404 g/mol. The molecule has 0 radical (unpaired) electrons. The molecule has 0 bridgehead atoms. The van der Waals surface area contributed by atoms with Crippen LogP contribution in [0.5, 0.6) is 0 Å². The average Bonchev–Trinajstić information content (AvgIpc) is 2.90. The van der Waals surface area contributed by atoms with Crippen molar-refractivity contribution in [2.75, 3.05) is 13.1 Å². The van der Waals surface area contributed by atoms with E-state index in [0.29, 0.717) is 18.0 Å². The van der Waals surface area contributed by atoms with Crippen molar-refractivity contribution in [2.24, 2.45) is 11.7 Å². The Morgan fingerprint density at radius 3 is 2.80 bits per heavy atom. The van der Waals surface area contributed by atoms with Gasteiger partial charge in [-0.3, -0.25) is 4.79 Å². The molecule has 2 atom stereocenters. The molecule has 1 aliphatic carbocycles. The zero-order chi connectivity index (χ0) is 14.7. The number of nitrogens with two attached hydrogens (primary N) is 1. The Balaban J connectivity index is 2.27. The number of amides is 1. The van der Waals surface area contributed by atoms with Crippen LogP contribution in [0.15, 0.2) is 27.1 Å². The Labute approximate surface area is 137 Å². The summed E-state index contributed by atoms with van der Waals surface area (Å²) in [6, 6.07) is 5.99. The molecule has 0 spiro atoms. The molecule has 1 aromatic carbocycles. The lowest BCUT2D eigenvalue weighted by Crippen LogP contribution is -2.44. The topological polar surface area (TPSA) is 46.3 Å². The van der Waals surface area contributed by atoms with E-state index in [4.69, 9.17) is 5.73 Å². The van der Waals surface area contributed by atoms with Crippen LogP contribution in [0.1, 0.15) is 36.5 Å². The summed E-state index contributed by atoms with van der Waals surface area (Å²) in [6.45, 7) is 3.42. The number of rotatable bonds is 4. The fraction of sp³-hybridized carbons (Fsp3) is 0.533. The summed E-state index contributed by atoms with van der Waals surface area (Å²) in [6.07, 6.45) is 3.35. The van der Waals surface area contributed by atoms with E-state index in [-0.39, 0.29) is 11.9 Å². The van der Waals surface area contributed by atoms with Gasteiger partial charge in [-0.15, -0.1) is 0 Å². The molecular weight excluding hydrogens is 384 g/mol. The van der Waals surface area contributed by atoms with E-state index in [1.165, 1.54) is 0 Å². The number of halogens is 2. The molecule has 1 fully saturated rings. The van der Waals surface area contributed by atoms with Crippen LogP contribution < -0.4 is 5.73 Å². The van der Waals surface area contributed by atoms with Gasteiger partial charge in [0, 0.05) is 21.5 Å². The maximum absolute atomic E-state index is 12.8. The first-order valence-electron chi connectivity index (χ1n) is 7.04.